The number of hydrogen-bond acceptors (Lipinski definition) is 7. The average molecular weight is 496 g/mol. The molecule has 2 N–H and O–H groups in total. The number of fused-ring (bicyclic) bond motifs is 1. The van der Waals surface area contributed by atoms with Gasteiger partial charge in [0, 0.05) is 41.5 Å². The van der Waals surface area contributed by atoms with Crippen LogP contribution in [0.25, 0.3) is 11.1 Å². The zero-order valence-corrected chi connectivity index (χ0v) is 19.7. The summed E-state index contributed by atoms with van der Waals surface area (Å²) in [5.74, 6) is -0.252. The van der Waals surface area contributed by atoms with Crippen molar-refractivity contribution < 1.29 is 28.6 Å². The molecule has 3 aliphatic rings. The van der Waals surface area contributed by atoms with Gasteiger partial charge in [0.2, 0.25) is 0 Å². The molecular weight excluding hydrogens is 465 g/mol. The van der Waals surface area contributed by atoms with Gasteiger partial charge in [0.25, 0.3) is 5.91 Å². The standard InChI is InChI=1S/C26H26FN3O5.CH4/c1-4-34-25(33)20-10-16(31)13-30(20)22-8-5-14(12-28-22)18-11-21(35-26(18,2)3)23-17-9-15(27)6-7-19(17)29-24(23)32;/h5-9,11-12,16,20,31H,4,10,13H2,1-3H3,(H,29,32);1H4/b23-21+;/t16-,20+;/m1./s1. The number of esters is 1. The van der Waals surface area contributed by atoms with Crippen molar-refractivity contribution in [1.29, 1.82) is 0 Å². The number of benzene rings is 1. The molecule has 0 bridgehead atoms. The number of allylic oxidation sites excluding steroid dienone is 1. The van der Waals surface area contributed by atoms with E-state index < -0.39 is 23.6 Å². The second-order valence-corrected chi connectivity index (χ2v) is 9.27. The third-order valence-corrected chi connectivity index (χ3v) is 6.45. The Bertz CT molecular complexity index is 1270. The van der Waals surface area contributed by atoms with Crippen LogP contribution in [0.4, 0.5) is 15.9 Å². The van der Waals surface area contributed by atoms with Gasteiger partial charge in [0.05, 0.1) is 18.3 Å². The van der Waals surface area contributed by atoms with E-state index in [-0.39, 0.29) is 44.4 Å². The van der Waals surface area contributed by atoms with Crippen LogP contribution >= 0.6 is 0 Å². The van der Waals surface area contributed by atoms with E-state index in [0.29, 0.717) is 22.8 Å². The lowest BCUT2D eigenvalue weighted by Gasteiger charge is -2.25. The molecule has 1 aromatic heterocycles. The molecule has 0 unspecified atom stereocenters. The maximum atomic E-state index is 13.9. The second kappa shape index (κ2) is 9.39. The van der Waals surface area contributed by atoms with Crippen molar-refractivity contribution in [2.24, 2.45) is 0 Å². The number of aliphatic hydroxyl groups excluding tert-OH is 1. The van der Waals surface area contributed by atoms with Crippen LogP contribution in [0.2, 0.25) is 0 Å². The second-order valence-electron chi connectivity index (χ2n) is 9.27. The van der Waals surface area contributed by atoms with Gasteiger partial charge in [-0.25, -0.2) is 14.2 Å². The Balaban J connectivity index is 0.00000304. The first-order chi connectivity index (χ1) is 16.7. The Labute approximate surface area is 209 Å². The third kappa shape index (κ3) is 4.35. The number of ether oxygens (including phenoxy) is 2. The van der Waals surface area contributed by atoms with Crippen LogP contribution in [0.15, 0.2) is 48.4 Å². The molecule has 0 radical (unpaired) electrons. The maximum absolute atomic E-state index is 13.9. The van der Waals surface area contributed by atoms with Crippen LogP contribution in [-0.2, 0) is 19.1 Å². The van der Waals surface area contributed by atoms with E-state index in [1.54, 1.807) is 30.2 Å². The lowest BCUT2D eigenvalue weighted by atomic mass is 9.93. The average Bonchev–Trinajstić information content (AvgIpc) is 3.45. The van der Waals surface area contributed by atoms with Crippen molar-refractivity contribution in [2.75, 3.05) is 23.4 Å². The number of β-amino-alcohol motifs (C(OH)–C–C–N with tert-alkyl or cyclic N) is 1. The molecule has 0 spiro atoms. The fourth-order valence-electron chi connectivity index (χ4n) is 4.85. The van der Waals surface area contributed by atoms with Gasteiger partial charge in [0.1, 0.15) is 29.0 Å². The fourth-order valence-corrected chi connectivity index (χ4v) is 4.85. The molecular formula is C27H30FN3O5. The molecule has 190 valence electrons. The van der Waals surface area contributed by atoms with E-state index >= 15 is 0 Å². The van der Waals surface area contributed by atoms with Crippen molar-refractivity contribution in [3.8, 4) is 0 Å². The number of nitrogens with zero attached hydrogens (tertiary/aromatic N) is 2. The molecule has 8 nitrogen and oxygen atoms in total. The number of aromatic nitrogens is 1. The molecule has 2 atom stereocenters. The number of amides is 1. The third-order valence-electron chi connectivity index (χ3n) is 6.45. The smallest absolute Gasteiger partial charge is 0.328 e. The van der Waals surface area contributed by atoms with Crippen LogP contribution in [-0.4, -0.2) is 52.9 Å². The summed E-state index contributed by atoms with van der Waals surface area (Å²) < 4.78 is 25.2. The lowest BCUT2D eigenvalue weighted by Crippen LogP contribution is -2.37. The van der Waals surface area contributed by atoms with Gasteiger partial charge in [-0.1, -0.05) is 7.43 Å². The van der Waals surface area contributed by atoms with Crippen molar-refractivity contribution in [3.05, 3.63) is 65.3 Å². The summed E-state index contributed by atoms with van der Waals surface area (Å²) in [6.07, 6.45) is 3.10. The number of pyridine rings is 1. The Hall–Kier alpha value is -3.72. The van der Waals surface area contributed by atoms with E-state index in [1.807, 2.05) is 19.9 Å². The van der Waals surface area contributed by atoms with Crippen molar-refractivity contribution in [1.82, 2.24) is 4.98 Å². The highest BCUT2D eigenvalue weighted by Crippen LogP contribution is 2.44. The summed E-state index contributed by atoms with van der Waals surface area (Å²) in [5.41, 5.74) is 2.11. The maximum Gasteiger partial charge on any atom is 0.328 e. The predicted molar refractivity (Wildman–Crippen MR) is 134 cm³/mol. The van der Waals surface area contributed by atoms with Gasteiger partial charge < -0.3 is 24.8 Å². The Morgan fingerprint density at radius 3 is 2.81 bits per heavy atom. The highest BCUT2D eigenvalue weighted by atomic mass is 19.1. The molecule has 3 aliphatic heterocycles. The molecule has 5 rings (SSSR count). The predicted octanol–water partition coefficient (Wildman–Crippen LogP) is 3.92. The van der Waals surface area contributed by atoms with Crippen LogP contribution in [0.3, 0.4) is 0 Å². The van der Waals surface area contributed by atoms with Crippen molar-refractivity contribution in [3.63, 3.8) is 0 Å². The molecule has 1 fully saturated rings. The fraction of sp³-hybridized carbons (Fsp3) is 0.370. The number of hydrogen-bond donors (Lipinski definition) is 2. The zero-order chi connectivity index (χ0) is 24.9. The molecule has 9 heteroatoms. The molecule has 0 aliphatic carbocycles. The Kier molecular flexibility index (Phi) is 6.62. The number of anilines is 2. The van der Waals surface area contributed by atoms with E-state index in [2.05, 4.69) is 10.3 Å². The van der Waals surface area contributed by atoms with Gasteiger partial charge >= 0.3 is 5.97 Å². The molecule has 1 aromatic carbocycles. The molecule has 4 heterocycles. The summed E-state index contributed by atoms with van der Waals surface area (Å²) in [4.78, 5) is 31.3. The topological polar surface area (TPSA) is 101 Å². The van der Waals surface area contributed by atoms with E-state index in [0.717, 1.165) is 11.1 Å². The lowest BCUT2D eigenvalue weighted by molar-refractivity contribution is -0.144. The van der Waals surface area contributed by atoms with Gasteiger partial charge in [0.15, 0.2) is 0 Å². The van der Waals surface area contributed by atoms with E-state index in [1.165, 1.54) is 18.2 Å². The van der Waals surface area contributed by atoms with Crippen molar-refractivity contribution in [2.45, 2.75) is 52.4 Å². The molecule has 36 heavy (non-hydrogen) atoms. The minimum atomic E-state index is -0.765. The first-order valence-corrected chi connectivity index (χ1v) is 11.5. The van der Waals surface area contributed by atoms with Gasteiger partial charge in [-0.3, -0.25) is 4.79 Å². The monoisotopic (exact) mass is 495 g/mol. The molecule has 2 aromatic rings. The molecule has 0 saturated carbocycles. The normalized spacial score (nSPS) is 24.0. The van der Waals surface area contributed by atoms with Gasteiger partial charge in [-0.2, -0.15) is 0 Å². The largest absolute Gasteiger partial charge is 0.482 e. The number of rotatable bonds is 4. The molecule has 1 saturated heterocycles. The SMILES string of the molecule is C.CCOC(=O)[C@@H]1C[C@@H](O)CN1c1ccc(C2=C/C(=C3\C(=O)Nc4ccc(F)cc43)OC2(C)C)cn1. The first-order valence-electron chi connectivity index (χ1n) is 11.5. The number of carbonyl (C=O) groups excluding carboxylic acids is 2. The highest BCUT2D eigenvalue weighted by molar-refractivity contribution is 6.32. The van der Waals surface area contributed by atoms with Gasteiger partial charge in [-0.05, 0) is 57.2 Å². The summed E-state index contributed by atoms with van der Waals surface area (Å²) in [6, 6.07) is 7.20. The van der Waals surface area contributed by atoms with Crippen LogP contribution < -0.4 is 10.2 Å². The summed E-state index contributed by atoms with van der Waals surface area (Å²) in [7, 11) is 0. The highest BCUT2D eigenvalue weighted by Gasteiger charge is 2.40. The molecule has 1 amide bonds. The summed E-state index contributed by atoms with van der Waals surface area (Å²) >= 11 is 0. The van der Waals surface area contributed by atoms with Crippen molar-refractivity contribution >= 4 is 34.5 Å². The zero-order valence-electron chi connectivity index (χ0n) is 19.7. The van der Waals surface area contributed by atoms with Gasteiger partial charge in [-0.15, -0.1) is 0 Å². The van der Waals surface area contributed by atoms with Crippen LogP contribution in [0.1, 0.15) is 45.7 Å². The van der Waals surface area contributed by atoms with E-state index in [9.17, 15) is 19.1 Å². The summed E-state index contributed by atoms with van der Waals surface area (Å²) in [6.45, 7) is 6.06. The first kappa shape index (κ1) is 25.4. The number of halogens is 1. The Morgan fingerprint density at radius 1 is 1.33 bits per heavy atom. The van der Waals surface area contributed by atoms with Crippen LogP contribution in [0.5, 0.6) is 0 Å². The number of nitrogens with one attached hydrogen (secondary N) is 1. The van der Waals surface area contributed by atoms with E-state index in [4.69, 9.17) is 9.47 Å². The Morgan fingerprint density at radius 2 is 2.11 bits per heavy atom. The summed E-state index contributed by atoms with van der Waals surface area (Å²) in [5, 5.41) is 12.9. The minimum absolute atomic E-state index is 0. The quantitative estimate of drug-likeness (QED) is 0.490. The van der Waals surface area contributed by atoms with Crippen LogP contribution in [0, 0.1) is 5.82 Å². The minimum Gasteiger partial charge on any atom is -0.482 e. The number of carbonyl (C=O) groups is 2. The number of aliphatic hydroxyl groups is 1.